The van der Waals surface area contributed by atoms with Gasteiger partial charge in [0.2, 0.25) is 11.8 Å². The van der Waals surface area contributed by atoms with Gasteiger partial charge in [-0.3, -0.25) is 9.59 Å². The number of benzene rings is 2. The highest BCUT2D eigenvalue weighted by Gasteiger charge is 2.55. The van der Waals surface area contributed by atoms with E-state index in [2.05, 4.69) is 24.1 Å². The Morgan fingerprint density at radius 1 is 1.22 bits per heavy atom. The van der Waals surface area contributed by atoms with E-state index in [4.69, 9.17) is 4.74 Å². The maximum atomic E-state index is 14.0. The van der Waals surface area contributed by atoms with Crippen LogP contribution in [0.3, 0.4) is 0 Å². The molecule has 0 unspecified atom stereocenters. The fourth-order valence-corrected chi connectivity index (χ4v) is 5.69. The molecule has 8 heteroatoms. The number of hydrogen-bond donors (Lipinski definition) is 3. The Bertz CT molecular complexity index is 1320. The van der Waals surface area contributed by atoms with Crippen molar-refractivity contribution in [3.63, 3.8) is 0 Å². The molecule has 0 saturated carbocycles. The number of carbonyl (C=O) groups is 2. The number of nitrogens with zero attached hydrogens (tertiary/aromatic N) is 2. The number of piperazine rings is 1. The quantitative estimate of drug-likeness (QED) is 0.442. The average Bonchev–Trinajstić information content (AvgIpc) is 3.20. The van der Waals surface area contributed by atoms with Crippen LogP contribution in [0.25, 0.3) is 10.9 Å². The number of hydrogen-bond acceptors (Lipinski definition) is 5. The van der Waals surface area contributed by atoms with E-state index in [9.17, 15) is 14.7 Å². The van der Waals surface area contributed by atoms with Gasteiger partial charge in [0.1, 0.15) is 17.0 Å². The molecule has 2 aromatic carbocycles. The van der Waals surface area contributed by atoms with Crippen molar-refractivity contribution in [1.29, 1.82) is 0 Å². The van der Waals surface area contributed by atoms with Crippen LogP contribution in [0.5, 0.6) is 11.5 Å². The van der Waals surface area contributed by atoms with Gasteiger partial charge in [0.25, 0.3) is 0 Å². The molecule has 0 bridgehead atoms. The molecule has 1 aromatic heterocycles. The number of aromatic hydroxyl groups is 1. The molecule has 3 heterocycles. The number of rotatable bonds is 7. The maximum absolute atomic E-state index is 14.0. The fourth-order valence-electron chi connectivity index (χ4n) is 5.69. The summed E-state index contributed by atoms with van der Waals surface area (Å²) in [7, 11) is 1.63. The van der Waals surface area contributed by atoms with Gasteiger partial charge < -0.3 is 29.9 Å². The Balaban J connectivity index is 1.60. The molecule has 1 saturated heterocycles. The van der Waals surface area contributed by atoms with Crippen molar-refractivity contribution < 1.29 is 19.4 Å². The molecule has 3 N–H and O–H groups in total. The van der Waals surface area contributed by atoms with Crippen LogP contribution in [-0.4, -0.2) is 70.5 Å². The summed E-state index contributed by atoms with van der Waals surface area (Å²) < 4.78 is 5.47. The molecule has 3 aromatic rings. The average molecular weight is 491 g/mol. The predicted molar refractivity (Wildman–Crippen MR) is 138 cm³/mol. The Kier molecular flexibility index (Phi) is 6.16. The number of phenolic OH excluding ortho intramolecular Hbond substituents is 1. The smallest absolute Gasteiger partial charge is 0.249 e. The van der Waals surface area contributed by atoms with Crippen molar-refractivity contribution in [2.75, 3.05) is 33.3 Å². The van der Waals surface area contributed by atoms with Gasteiger partial charge in [-0.25, -0.2) is 0 Å². The number of fused-ring (bicyclic) bond motifs is 4. The lowest BCUT2D eigenvalue weighted by Crippen LogP contribution is -2.70. The Labute approximate surface area is 211 Å². The molecule has 2 aliphatic heterocycles. The number of phenols is 1. The standard InChI is InChI=1S/C28H34N4O4/c1-17(2)15-29-10-11-31-16-24(34)32-26(18-6-5-7-19(33)12-18)25-22(14-28(32,3)27(31)35)21-13-20(36-4)8-9-23(21)30-25/h5-9,12-13,17,26,29-30,33H,10-11,14-16H2,1-4H3/t26-,28+/m1/s1. The van der Waals surface area contributed by atoms with E-state index in [1.807, 2.05) is 31.2 Å². The molecular weight excluding hydrogens is 456 g/mol. The minimum absolute atomic E-state index is 0.0382. The van der Waals surface area contributed by atoms with Gasteiger partial charge in [0.15, 0.2) is 0 Å². The maximum Gasteiger partial charge on any atom is 0.249 e. The van der Waals surface area contributed by atoms with Crippen LogP contribution in [-0.2, 0) is 16.0 Å². The lowest BCUT2D eigenvalue weighted by Gasteiger charge is -2.53. The number of aromatic nitrogens is 1. The highest BCUT2D eigenvalue weighted by molar-refractivity contribution is 6.00. The van der Waals surface area contributed by atoms with Crippen molar-refractivity contribution in [2.24, 2.45) is 5.92 Å². The number of methoxy groups -OCH3 is 1. The normalized spacial score (nSPS) is 21.8. The molecule has 0 spiro atoms. The minimum Gasteiger partial charge on any atom is -0.508 e. The minimum atomic E-state index is -1.06. The second kappa shape index (κ2) is 9.17. The monoisotopic (exact) mass is 490 g/mol. The third kappa shape index (κ3) is 3.99. The zero-order valence-electron chi connectivity index (χ0n) is 21.3. The Hall–Kier alpha value is -3.52. The van der Waals surface area contributed by atoms with Crippen LogP contribution in [0.2, 0.25) is 0 Å². The molecule has 1 fully saturated rings. The molecule has 190 valence electrons. The van der Waals surface area contributed by atoms with E-state index in [0.717, 1.165) is 40.0 Å². The topological polar surface area (TPSA) is 97.9 Å². The first-order chi connectivity index (χ1) is 17.2. The summed E-state index contributed by atoms with van der Waals surface area (Å²) >= 11 is 0. The molecule has 36 heavy (non-hydrogen) atoms. The number of ether oxygens (including phenoxy) is 1. The fraction of sp³-hybridized carbons (Fsp3) is 0.429. The van der Waals surface area contributed by atoms with E-state index in [-0.39, 0.29) is 24.1 Å². The summed E-state index contributed by atoms with van der Waals surface area (Å²) in [6.07, 6.45) is 0.394. The first-order valence-electron chi connectivity index (χ1n) is 12.5. The van der Waals surface area contributed by atoms with Crippen LogP contribution in [0, 0.1) is 5.92 Å². The van der Waals surface area contributed by atoms with Crippen molar-refractivity contribution in [3.8, 4) is 11.5 Å². The van der Waals surface area contributed by atoms with E-state index in [0.29, 0.717) is 25.4 Å². The lowest BCUT2D eigenvalue weighted by atomic mass is 9.78. The number of amides is 2. The molecule has 5 rings (SSSR count). The SMILES string of the molecule is COc1ccc2[nH]c3c(c2c1)C[C@@]1(C)C(=O)N(CCNCC(C)C)CC(=O)N1[C@@H]3c1cccc(O)c1. The van der Waals surface area contributed by atoms with Gasteiger partial charge in [0.05, 0.1) is 19.7 Å². The number of aromatic amines is 1. The predicted octanol–water partition coefficient (Wildman–Crippen LogP) is 3.20. The molecule has 0 aliphatic carbocycles. The molecule has 2 atom stereocenters. The van der Waals surface area contributed by atoms with Crippen LogP contribution in [0.15, 0.2) is 42.5 Å². The summed E-state index contributed by atoms with van der Waals surface area (Å²) in [5.41, 5.74) is 2.48. The summed E-state index contributed by atoms with van der Waals surface area (Å²) in [5.74, 6) is 1.20. The molecule has 0 radical (unpaired) electrons. The van der Waals surface area contributed by atoms with Gasteiger partial charge in [0, 0.05) is 36.1 Å². The summed E-state index contributed by atoms with van der Waals surface area (Å²) in [6, 6.07) is 12.3. The van der Waals surface area contributed by atoms with Crippen molar-refractivity contribution >= 4 is 22.7 Å². The largest absolute Gasteiger partial charge is 0.508 e. The van der Waals surface area contributed by atoms with E-state index in [1.165, 1.54) is 0 Å². The van der Waals surface area contributed by atoms with Crippen molar-refractivity contribution in [2.45, 2.75) is 38.8 Å². The number of carbonyl (C=O) groups excluding carboxylic acids is 2. The first kappa shape index (κ1) is 24.2. The van der Waals surface area contributed by atoms with Crippen LogP contribution >= 0.6 is 0 Å². The Morgan fingerprint density at radius 2 is 2.03 bits per heavy atom. The highest BCUT2D eigenvalue weighted by Crippen LogP contribution is 2.47. The van der Waals surface area contributed by atoms with Gasteiger partial charge >= 0.3 is 0 Å². The van der Waals surface area contributed by atoms with Crippen molar-refractivity contribution in [1.82, 2.24) is 20.1 Å². The summed E-state index contributed by atoms with van der Waals surface area (Å²) in [5, 5.41) is 14.6. The molecule has 2 aliphatic rings. The highest BCUT2D eigenvalue weighted by atomic mass is 16.5. The number of nitrogens with one attached hydrogen (secondary N) is 2. The molecular formula is C28H34N4O4. The van der Waals surface area contributed by atoms with Gasteiger partial charge in [-0.15, -0.1) is 0 Å². The van der Waals surface area contributed by atoms with E-state index < -0.39 is 11.6 Å². The molecule has 2 amide bonds. The van der Waals surface area contributed by atoms with Crippen LogP contribution in [0.1, 0.15) is 43.6 Å². The second-order valence-electron chi connectivity index (χ2n) is 10.5. The van der Waals surface area contributed by atoms with Gasteiger partial charge in [-0.2, -0.15) is 0 Å². The lowest BCUT2D eigenvalue weighted by molar-refractivity contribution is -0.167. The van der Waals surface area contributed by atoms with Gasteiger partial charge in [-0.05, 0) is 60.8 Å². The zero-order valence-corrected chi connectivity index (χ0v) is 21.3. The summed E-state index contributed by atoms with van der Waals surface area (Å²) in [6.45, 7) is 8.16. The van der Waals surface area contributed by atoms with Crippen molar-refractivity contribution in [3.05, 3.63) is 59.3 Å². The zero-order chi connectivity index (χ0) is 25.6. The number of H-pyrrole nitrogens is 1. The van der Waals surface area contributed by atoms with E-state index in [1.54, 1.807) is 35.1 Å². The van der Waals surface area contributed by atoms with Crippen LogP contribution in [0.4, 0.5) is 0 Å². The second-order valence-corrected chi connectivity index (χ2v) is 10.5. The first-order valence-corrected chi connectivity index (χ1v) is 12.5. The van der Waals surface area contributed by atoms with Crippen LogP contribution < -0.4 is 10.1 Å². The van der Waals surface area contributed by atoms with Gasteiger partial charge in [-0.1, -0.05) is 26.0 Å². The third-order valence-corrected chi connectivity index (χ3v) is 7.37. The third-order valence-electron chi connectivity index (χ3n) is 7.37. The van der Waals surface area contributed by atoms with E-state index >= 15 is 0 Å². The Morgan fingerprint density at radius 3 is 2.75 bits per heavy atom. The molecule has 8 nitrogen and oxygen atoms in total. The summed E-state index contributed by atoms with van der Waals surface area (Å²) in [4.78, 5) is 34.7.